The standard InChI is InChI=1S/C12H18ClNO/c1-3-6-15-12-9(2)7-11(13)8-10(12)4-5-14/h7-8H,3-6,14H2,1-2H3. The van der Waals surface area contributed by atoms with Gasteiger partial charge >= 0.3 is 0 Å². The first kappa shape index (κ1) is 12.3. The van der Waals surface area contributed by atoms with E-state index in [1.165, 1.54) is 0 Å². The van der Waals surface area contributed by atoms with Crippen molar-refractivity contribution in [1.29, 1.82) is 0 Å². The van der Waals surface area contributed by atoms with Crippen molar-refractivity contribution >= 4 is 11.6 Å². The van der Waals surface area contributed by atoms with E-state index in [4.69, 9.17) is 22.1 Å². The highest BCUT2D eigenvalue weighted by Gasteiger charge is 2.08. The molecule has 0 aliphatic heterocycles. The van der Waals surface area contributed by atoms with Gasteiger partial charge in [-0.25, -0.2) is 0 Å². The Kier molecular flexibility index (Phi) is 4.92. The number of rotatable bonds is 5. The number of nitrogens with two attached hydrogens (primary N) is 1. The van der Waals surface area contributed by atoms with Gasteiger partial charge in [-0.15, -0.1) is 0 Å². The number of aryl methyl sites for hydroxylation is 1. The van der Waals surface area contributed by atoms with Gasteiger partial charge in [0, 0.05) is 5.02 Å². The summed E-state index contributed by atoms with van der Waals surface area (Å²) in [6.07, 6.45) is 1.81. The molecule has 1 aromatic carbocycles. The van der Waals surface area contributed by atoms with Crippen LogP contribution in [0.1, 0.15) is 24.5 Å². The predicted octanol–water partition coefficient (Wildman–Crippen LogP) is 2.94. The van der Waals surface area contributed by atoms with E-state index in [2.05, 4.69) is 6.92 Å². The summed E-state index contributed by atoms with van der Waals surface area (Å²) in [4.78, 5) is 0. The minimum atomic E-state index is 0.613. The van der Waals surface area contributed by atoms with E-state index in [0.717, 1.165) is 41.3 Å². The van der Waals surface area contributed by atoms with E-state index < -0.39 is 0 Å². The fourth-order valence-electron chi connectivity index (χ4n) is 1.55. The van der Waals surface area contributed by atoms with Crippen molar-refractivity contribution in [1.82, 2.24) is 0 Å². The molecule has 0 saturated heterocycles. The second-order valence-corrected chi connectivity index (χ2v) is 4.03. The fourth-order valence-corrected chi connectivity index (χ4v) is 1.85. The zero-order valence-electron chi connectivity index (χ0n) is 9.35. The van der Waals surface area contributed by atoms with Crippen molar-refractivity contribution in [2.45, 2.75) is 26.7 Å². The molecule has 0 atom stereocenters. The summed E-state index contributed by atoms with van der Waals surface area (Å²) in [5, 5.41) is 0.750. The zero-order valence-corrected chi connectivity index (χ0v) is 10.1. The van der Waals surface area contributed by atoms with E-state index in [1.54, 1.807) is 0 Å². The molecule has 0 amide bonds. The Balaban J connectivity index is 2.97. The third kappa shape index (κ3) is 3.40. The summed E-state index contributed by atoms with van der Waals surface area (Å²) in [6, 6.07) is 3.86. The van der Waals surface area contributed by atoms with E-state index in [9.17, 15) is 0 Å². The Bertz CT molecular complexity index is 326. The lowest BCUT2D eigenvalue weighted by atomic mass is 10.1. The first-order valence-corrected chi connectivity index (χ1v) is 5.68. The number of hydrogen-bond donors (Lipinski definition) is 1. The van der Waals surface area contributed by atoms with Gasteiger partial charge in [-0.05, 0) is 49.6 Å². The summed E-state index contributed by atoms with van der Waals surface area (Å²) >= 11 is 6.00. The van der Waals surface area contributed by atoms with Gasteiger partial charge < -0.3 is 10.5 Å². The van der Waals surface area contributed by atoms with E-state index in [-0.39, 0.29) is 0 Å². The molecule has 1 aromatic rings. The number of halogens is 1. The molecule has 15 heavy (non-hydrogen) atoms. The largest absolute Gasteiger partial charge is 0.493 e. The predicted molar refractivity (Wildman–Crippen MR) is 64.7 cm³/mol. The molecular weight excluding hydrogens is 210 g/mol. The average Bonchev–Trinajstić information content (AvgIpc) is 2.17. The maximum Gasteiger partial charge on any atom is 0.125 e. The Labute approximate surface area is 96.4 Å². The monoisotopic (exact) mass is 227 g/mol. The molecule has 0 heterocycles. The van der Waals surface area contributed by atoms with Crippen molar-refractivity contribution in [2.75, 3.05) is 13.2 Å². The van der Waals surface area contributed by atoms with Crippen LogP contribution < -0.4 is 10.5 Å². The smallest absolute Gasteiger partial charge is 0.125 e. The summed E-state index contributed by atoms with van der Waals surface area (Å²) in [5.41, 5.74) is 7.75. The Morgan fingerprint density at radius 3 is 2.73 bits per heavy atom. The highest BCUT2D eigenvalue weighted by molar-refractivity contribution is 6.30. The van der Waals surface area contributed by atoms with Crippen molar-refractivity contribution in [3.63, 3.8) is 0 Å². The lowest BCUT2D eigenvalue weighted by Crippen LogP contribution is -2.07. The van der Waals surface area contributed by atoms with Gasteiger partial charge in [0.1, 0.15) is 5.75 Å². The SMILES string of the molecule is CCCOc1c(C)cc(Cl)cc1CCN. The first-order valence-electron chi connectivity index (χ1n) is 5.31. The van der Waals surface area contributed by atoms with Gasteiger partial charge in [0.05, 0.1) is 6.61 Å². The zero-order chi connectivity index (χ0) is 11.3. The third-order valence-electron chi connectivity index (χ3n) is 2.18. The van der Waals surface area contributed by atoms with Gasteiger partial charge in [0.15, 0.2) is 0 Å². The molecule has 0 aromatic heterocycles. The molecule has 0 aliphatic carbocycles. The summed E-state index contributed by atoms with van der Waals surface area (Å²) < 4.78 is 5.71. The van der Waals surface area contributed by atoms with Crippen molar-refractivity contribution in [3.05, 3.63) is 28.3 Å². The molecule has 0 unspecified atom stereocenters. The van der Waals surface area contributed by atoms with Crippen LogP contribution in [0.3, 0.4) is 0 Å². The van der Waals surface area contributed by atoms with Gasteiger partial charge in [-0.2, -0.15) is 0 Å². The van der Waals surface area contributed by atoms with E-state index in [1.807, 2.05) is 19.1 Å². The first-order chi connectivity index (χ1) is 7.19. The average molecular weight is 228 g/mol. The summed E-state index contributed by atoms with van der Waals surface area (Å²) in [5.74, 6) is 0.951. The normalized spacial score (nSPS) is 10.4. The highest BCUT2D eigenvalue weighted by Crippen LogP contribution is 2.28. The van der Waals surface area contributed by atoms with Crippen LogP contribution in [0.15, 0.2) is 12.1 Å². The molecule has 2 N–H and O–H groups in total. The third-order valence-corrected chi connectivity index (χ3v) is 2.40. The van der Waals surface area contributed by atoms with Crippen LogP contribution in [0.4, 0.5) is 0 Å². The molecule has 2 nitrogen and oxygen atoms in total. The van der Waals surface area contributed by atoms with E-state index >= 15 is 0 Å². The van der Waals surface area contributed by atoms with Gasteiger partial charge in [-0.1, -0.05) is 18.5 Å². The second kappa shape index (κ2) is 5.99. The molecule has 0 radical (unpaired) electrons. The number of hydrogen-bond acceptors (Lipinski definition) is 2. The van der Waals surface area contributed by atoms with E-state index in [0.29, 0.717) is 6.54 Å². The minimum Gasteiger partial charge on any atom is -0.493 e. The number of ether oxygens (including phenoxy) is 1. The summed E-state index contributed by atoms with van der Waals surface area (Å²) in [6.45, 7) is 5.45. The molecule has 0 saturated carbocycles. The van der Waals surface area contributed by atoms with Crippen molar-refractivity contribution in [2.24, 2.45) is 5.73 Å². The maximum atomic E-state index is 6.00. The molecular formula is C12H18ClNO. The molecule has 0 bridgehead atoms. The van der Waals surface area contributed by atoms with Crippen LogP contribution in [-0.2, 0) is 6.42 Å². The highest BCUT2D eigenvalue weighted by atomic mass is 35.5. The summed E-state index contributed by atoms with van der Waals surface area (Å²) in [7, 11) is 0. The maximum absolute atomic E-state index is 6.00. The van der Waals surface area contributed by atoms with Crippen LogP contribution in [0.25, 0.3) is 0 Å². The van der Waals surface area contributed by atoms with Gasteiger partial charge in [0.2, 0.25) is 0 Å². The lowest BCUT2D eigenvalue weighted by molar-refractivity contribution is 0.312. The second-order valence-electron chi connectivity index (χ2n) is 3.60. The van der Waals surface area contributed by atoms with Crippen LogP contribution in [0.2, 0.25) is 5.02 Å². The molecule has 0 fully saturated rings. The molecule has 0 spiro atoms. The molecule has 84 valence electrons. The van der Waals surface area contributed by atoms with Crippen LogP contribution >= 0.6 is 11.6 Å². The molecule has 0 aliphatic rings. The topological polar surface area (TPSA) is 35.2 Å². The molecule has 3 heteroatoms. The van der Waals surface area contributed by atoms with Gasteiger partial charge in [0.25, 0.3) is 0 Å². The Hall–Kier alpha value is -0.730. The minimum absolute atomic E-state index is 0.613. The Morgan fingerprint density at radius 1 is 1.40 bits per heavy atom. The number of benzene rings is 1. The quantitative estimate of drug-likeness (QED) is 0.840. The Morgan fingerprint density at radius 2 is 2.13 bits per heavy atom. The fraction of sp³-hybridized carbons (Fsp3) is 0.500. The van der Waals surface area contributed by atoms with Crippen LogP contribution in [0, 0.1) is 6.92 Å². The van der Waals surface area contributed by atoms with Crippen LogP contribution in [0.5, 0.6) is 5.75 Å². The van der Waals surface area contributed by atoms with Crippen molar-refractivity contribution < 1.29 is 4.74 Å². The van der Waals surface area contributed by atoms with Crippen molar-refractivity contribution in [3.8, 4) is 5.75 Å². The lowest BCUT2D eigenvalue weighted by Gasteiger charge is -2.13. The van der Waals surface area contributed by atoms with Gasteiger partial charge in [-0.3, -0.25) is 0 Å². The van der Waals surface area contributed by atoms with Crippen LogP contribution in [-0.4, -0.2) is 13.2 Å². The molecule has 1 rings (SSSR count).